The smallest absolute Gasteiger partial charge is 0.289 e. The summed E-state index contributed by atoms with van der Waals surface area (Å²) in [5, 5.41) is 0. The number of furan rings is 1. The Bertz CT molecular complexity index is 890. The van der Waals surface area contributed by atoms with Gasteiger partial charge in [0.25, 0.3) is 5.91 Å². The van der Waals surface area contributed by atoms with Crippen molar-refractivity contribution in [2.24, 2.45) is 0 Å². The first kappa shape index (κ1) is 17.2. The van der Waals surface area contributed by atoms with Crippen LogP contribution >= 0.6 is 0 Å². The van der Waals surface area contributed by atoms with Crippen LogP contribution in [0.25, 0.3) is 0 Å². The molecule has 4 rings (SSSR count). The maximum Gasteiger partial charge on any atom is 0.289 e. The molecule has 0 unspecified atom stereocenters. The van der Waals surface area contributed by atoms with Gasteiger partial charge in [0.15, 0.2) is 17.3 Å². The van der Waals surface area contributed by atoms with Crippen molar-refractivity contribution in [1.82, 2.24) is 4.90 Å². The van der Waals surface area contributed by atoms with Crippen LogP contribution in [0.15, 0.2) is 71.3 Å². The lowest BCUT2D eigenvalue weighted by atomic mass is 10.1. The van der Waals surface area contributed by atoms with E-state index in [1.165, 1.54) is 11.8 Å². The van der Waals surface area contributed by atoms with E-state index in [1.54, 1.807) is 12.1 Å². The van der Waals surface area contributed by atoms with Gasteiger partial charge in [0.05, 0.1) is 6.26 Å². The molecule has 0 saturated heterocycles. The number of rotatable bonds is 7. The van der Waals surface area contributed by atoms with E-state index in [0.29, 0.717) is 18.8 Å². The third-order valence-corrected chi connectivity index (χ3v) is 4.57. The maximum atomic E-state index is 12.9. The molecule has 1 aliphatic rings. The van der Waals surface area contributed by atoms with Crippen LogP contribution in [0.4, 0.5) is 0 Å². The molecular formula is C22H21NO4. The molecule has 0 N–H and O–H groups in total. The molecule has 0 bridgehead atoms. The van der Waals surface area contributed by atoms with E-state index in [1.807, 2.05) is 41.3 Å². The maximum absolute atomic E-state index is 12.9. The molecule has 1 amide bonds. The monoisotopic (exact) mass is 363 g/mol. The van der Waals surface area contributed by atoms with Crippen LogP contribution in [0.3, 0.4) is 0 Å². The van der Waals surface area contributed by atoms with Crippen molar-refractivity contribution in [3.05, 3.63) is 83.8 Å². The quantitative estimate of drug-likeness (QED) is 0.629. The summed E-state index contributed by atoms with van der Waals surface area (Å²) in [5.41, 5.74) is 2.27. The third kappa shape index (κ3) is 4.14. The summed E-state index contributed by atoms with van der Waals surface area (Å²) in [6.45, 7) is 1.37. The van der Waals surface area contributed by atoms with Crippen LogP contribution in [0.1, 0.15) is 28.1 Å². The summed E-state index contributed by atoms with van der Waals surface area (Å²) in [6, 6.07) is 19.5. The van der Waals surface area contributed by atoms with Gasteiger partial charge >= 0.3 is 0 Å². The second kappa shape index (κ2) is 7.99. The summed E-state index contributed by atoms with van der Waals surface area (Å²) in [5.74, 6) is 1.72. The molecule has 1 aromatic heterocycles. The van der Waals surface area contributed by atoms with Crippen molar-refractivity contribution >= 4 is 5.91 Å². The highest BCUT2D eigenvalue weighted by molar-refractivity contribution is 5.91. The van der Waals surface area contributed by atoms with E-state index < -0.39 is 0 Å². The largest absolute Gasteiger partial charge is 0.459 e. The molecule has 0 fully saturated rings. The van der Waals surface area contributed by atoms with E-state index in [-0.39, 0.29) is 12.7 Å². The van der Waals surface area contributed by atoms with E-state index in [0.717, 1.165) is 29.9 Å². The number of carbonyl (C=O) groups is 1. The molecule has 0 aliphatic carbocycles. The van der Waals surface area contributed by atoms with Crippen molar-refractivity contribution in [2.75, 3.05) is 13.3 Å². The van der Waals surface area contributed by atoms with Crippen molar-refractivity contribution in [3.63, 3.8) is 0 Å². The summed E-state index contributed by atoms with van der Waals surface area (Å²) >= 11 is 0. The Balaban J connectivity index is 1.46. The molecule has 5 nitrogen and oxygen atoms in total. The fourth-order valence-electron chi connectivity index (χ4n) is 3.19. The Morgan fingerprint density at radius 1 is 0.926 bits per heavy atom. The second-order valence-corrected chi connectivity index (χ2v) is 6.48. The van der Waals surface area contributed by atoms with Crippen LogP contribution in [-0.2, 0) is 13.0 Å². The molecule has 5 heteroatoms. The number of aryl methyl sites for hydroxylation is 1. The topological polar surface area (TPSA) is 51.9 Å². The number of ether oxygens (including phenoxy) is 2. The molecule has 138 valence electrons. The zero-order chi connectivity index (χ0) is 18.5. The van der Waals surface area contributed by atoms with Crippen LogP contribution in [-0.4, -0.2) is 24.1 Å². The Hall–Kier alpha value is -3.21. The number of carbonyl (C=O) groups excluding carboxylic acids is 1. The number of benzene rings is 2. The molecule has 2 aromatic carbocycles. The van der Waals surface area contributed by atoms with Crippen LogP contribution in [0.5, 0.6) is 11.5 Å². The van der Waals surface area contributed by atoms with Crippen molar-refractivity contribution in [3.8, 4) is 11.5 Å². The van der Waals surface area contributed by atoms with E-state index >= 15 is 0 Å². The Labute approximate surface area is 158 Å². The van der Waals surface area contributed by atoms with Crippen LogP contribution in [0, 0.1) is 0 Å². The van der Waals surface area contributed by atoms with Gasteiger partial charge in [-0.3, -0.25) is 4.79 Å². The molecule has 3 aromatic rings. The molecular weight excluding hydrogens is 342 g/mol. The fourth-order valence-corrected chi connectivity index (χ4v) is 3.19. The lowest BCUT2D eigenvalue weighted by Crippen LogP contribution is -2.31. The van der Waals surface area contributed by atoms with E-state index in [9.17, 15) is 4.79 Å². The van der Waals surface area contributed by atoms with Crippen LogP contribution < -0.4 is 9.47 Å². The lowest BCUT2D eigenvalue weighted by molar-refractivity contribution is 0.0709. The van der Waals surface area contributed by atoms with Crippen LogP contribution in [0.2, 0.25) is 0 Å². The van der Waals surface area contributed by atoms with Gasteiger partial charge in [-0.2, -0.15) is 0 Å². The minimum atomic E-state index is -0.106. The Kier molecular flexibility index (Phi) is 5.10. The second-order valence-electron chi connectivity index (χ2n) is 6.48. The van der Waals surface area contributed by atoms with Crippen molar-refractivity contribution in [1.29, 1.82) is 0 Å². The predicted octanol–water partition coefficient (Wildman–Crippen LogP) is 4.28. The zero-order valence-electron chi connectivity index (χ0n) is 15.0. The average Bonchev–Trinajstić information content (AvgIpc) is 3.39. The van der Waals surface area contributed by atoms with Crippen molar-refractivity contribution in [2.45, 2.75) is 19.4 Å². The standard InChI is InChI=1S/C22H21NO4/c24-22(20-9-5-13-25-20)23(12-4-8-17-6-2-1-3-7-17)15-18-10-11-19-21(14-18)27-16-26-19/h1-3,5-7,9-11,13-14H,4,8,12,15-16H2. The molecule has 1 aliphatic heterocycles. The molecule has 0 spiro atoms. The molecule has 0 atom stereocenters. The third-order valence-electron chi connectivity index (χ3n) is 4.57. The SMILES string of the molecule is O=C(c1ccco1)N(CCCc1ccccc1)Cc1ccc2c(c1)OCO2. The molecule has 2 heterocycles. The first-order valence-corrected chi connectivity index (χ1v) is 9.05. The first-order valence-electron chi connectivity index (χ1n) is 9.05. The Morgan fingerprint density at radius 2 is 1.78 bits per heavy atom. The zero-order valence-corrected chi connectivity index (χ0v) is 15.0. The number of fused-ring (bicyclic) bond motifs is 1. The summed E-state index contributed by atoms with van der Waals surface area (Å²) in [7, 11) is 0. The number of hydrogen-bond donors (Lipinski definition) is 0. The summed E-state index contributed by atoms with van der Waals surface area (Å²) in [6.07, 6.45) is 3.32. The molecule has 27 heavy (non-hydrogen) atoms. The number of amides is 1. The minimum Gasteiger partial charge on any atom is -0.459 e. The Morgan fingerprint density at radius 3 is 2.59 bits per heavy atom. The lowest BCUT2D eigenvalue weighted by Gasteiger charge is -2.22. The van der Waals surface area contributed by atoms with Gasteiger partial charge in [-0.15, -0.1) is 0 Å². The molecule has 0 radical (unpaired) electrons. The predicted molar refractivity (Wildman–Crippen MR) is 101 cm³/mol. The van der Waals surface area contributed by atoms with Gasteiger partial charge in [0, 0.05) is 13.1 Å². The minimum absolute atomic E-state index is 0.106. The summed E-state index contributed by atoms with van der Waals surface area (Å²) in [4.78, 5) is 14.7. The highest BCUT2D eigenvalue weighted by atomic mass is 16.7. The van der Waals surface area contributed by atoms with Gasteiger partial charge in [-0.25, -0.2) is 0 Å². The number of nitrogens with zero attached hydrogens (tertiary/aromatic N) is 1. The van der Waals surface area contributed by atoms with Gasteiger partial charge in [0.1, 0.15) is 0 Å². The van der Waals surface area contributed by atoms with E-state index in [2.05, 4.69) is 12.1 Å². The average molecular weight is 363 g/mol. The van der Waals surface area contributed by atoms with Gasteiger partial charge in [-0.05, 0) is 48.2 Å². The van der Waals surface area contributed by atoms with Crippen molar-refractivity contribution < 1.29 is 18.7 Å². The first-order chi connectivity index (χ1) is 13.3. The number of hydrogen-bond acceptors (Lipinski definition) is 4. The molecule has 0 saturated carbocycles. The van der Waals surface area contributed by atoms with Gasteiger partial charge < -0.3 is 18.8 Å². The highest BCUT2D eigenvalue weighted by Gasteiger charge is 2.20. The normalized spacial score (nSPS) is 12.1. The highest BCUT2D eigenvalue weighted by Crippen LogP contribution is 2.33. The fraction of sp³-hybridized carbons (Fsp3) is 0.227. The van der Waals surface area contributed by atoms with Gasteiger partial charge in [-0.1, -0.05) is 36.4 Å². The van der Waals surface area contributed by atoms with Gasteiger partial charge in [0.2, 0.25) is 6.79 Å². The van der Waals surface area contributed by atoms with E-state index in [4.69, 9.17) is 13.9 Å². The summed E-state index contributed by atoms with van der Waals surface area (Å²) < 4.78 is 16.1.